The van der Waals surface area contributed by atoms with Gasteiger partial charge in [-0.2, -0.15) is 0 Å². The van der Waals surface area contributed by atoms with Gasteiger partial charge in [-0.1, -0.05) is 48.5 Å². The smallest absolute Gasteiger partial charge is 0.303 e. The molecule has 0 N–H and O–H groups in total. The Morgan fingerprint density at radius 3 is 2.20 bits per heavy atom. The molecule has 6 rings (SSSR count). The maximum absolute atomic E-state index is 12.4. The number of ether oxygens (including phenoxy) is 1. The van der Waals surface area contributed by atoms with Gasteiger partial charge < -0.3 is 4.74 Å². The average Bonchev–Trinajstić information content (AvgIpc) is 3.24. The van der Waals surface area contributed by atoms with E-state index in [1.807, 2.05) is 0 Å². The Hall–Kier alpha value is -0.860. The largest absolute Gasteiger partial charge is 0.459 e. The summed E-state index contributed by atoms with van der Waals surface area (Å²) in [7, 11) is 0. The lowest BCUT2D eigenvalue weighted by molar-refractivity contribution is -0.199. The number of carbonyl (C=O) groups excluding carboxylic acids is 2. The highest BCUT2D eigenvalue weighted by Crippen LogP contribution is 2.74. The third-order valence-corrected chi connectivity index (χ3v) is 13.0. The Kier molecular flexibility index (Phi) is 5.76. The molecule has 4 bridgehead atoms. The zero-order valence-electron chi connectivity index (χ0n) is 24.0. The van der Waals surface area contributed by atoms with Crippen LogP contribution in [0.2, 0.25) is 0 Å². The molecule has 198 valence electrons. The summed E-state index contributed by atoms with van der Waals surface area (Å²) < 4.78 is 5.98. The van der Waals surface area contributed by atoms with Crippen LogP contribution in [0, 0.1) is 50.7 Å². The van der Waals surface area contributed by atoms with Crippen molar-refractivity contribution < 1.29 is 14.3 Å². The predicted octanol–water partition coefficient (Wildman–Crippen LogP) is 8.14. The molecule has 6 fully saturated rings. The van der Waals surface area contributed by atoms with E-state index in [9.17, 15) is 9.59 Å². The van der Waals surface area contributed by atoms with Gasteiger partial charge in [0.1, 0.15) is 11.4 Å². The quantitative estimate of drug-likeness (QED) is 0.353. The van der Waals surface area contributed by atoms with E-state index in [2.05, 4.69) is 48.5 Å². The Bertz CT molecular complexity index is 898. The van der Waals surface area contributed by atoms with Crippen LogP contribution in [0.25, 0.3) is 0 Å². The number of hydrogen-bond acceptors (Lipinski definition) is 3. The molecular formula is C32H52O3. The minimum atomic E-state index is -0.129. The van der Waals surface area contributed by atoms with Gasteiger partial charge in [-0.25, -0.2) is 0 Å². The number of Topliss-reactive ketones (excluding diaryl/α,β-unsaturated/α-hetero) is 1. The van der Waals surface area contributed by atoms with Gasteiger partial charge in [0.2, 0.25) is 0 Å². The number of esters is 1. The Morgan fingerprint density at radius 1 is 0.857 bits per heavy atom. The highest BCUT2D eigenvalue weighted by atomic mass is 16.6. The van der Waals surface area contributed by atoms with Gasteiger partial charge in [0, 0.05) is 25.2 Å². The van der Waals surface area contributed by atoms with Crippen molar-refractivity contribution in [2.24, 2.45) is 50.7 Å². The van der Waals surface area contributed by atoms with Gasteiger partial charge in [0.05, 0.1) is 0 Å². The van der Waals surface area contributed by atoms with Crippen LogP contribution in [0.1, 0.15) is 132 Å². The van der Waals surface area contributed by atoms with Crippen LogP contribution >= 0.6 is 0 Å². The van der Waals surface area contributed by atoms with Gasteiger partial charge >= 0.3 is 5.97 Å². The summed E-state index contributed by atoms with van der Waals surface area (Å²) in [4.78, 5) is 24.0. The van der Waals surface area contributed by atoms with Crippen LogP contribution in [0.5, 0.6) is 0 Å². The molecule has 0 aromatic rings. The highest BCUT2D eigenvalue weighted by molar-refractivity contribution is 5.84. The number of carbonyl (C=O) groups is 2. The second-order valence-electron chi connectivity index (χ2n) is 16.1. The number of hydrogen-bond donors (Lipinski definition) is 0. The molecule has 1 spiro atoms. The lowest BCUT2D eigenvalue weighted by Gasteiger charge is -2.59. The summed E-state index contributed by atoms with van der Waals surface area (Å²) in [5, 5.41) is 0. The maximum Gasteiger partial charge on any atom is 0.303 e. The predicted molar refractivity (Wildman–Crippen MR) is 141 cm³/mol. The van der Waals surface area contributed by atoms with Crippen LogP contribution in [-0.4, -0.2) is 17.4 Å². The fourth-order valence-electron chi connectivity index (χ4n) is 11.1. The molecule has 7 atom stereocenters. The molecule has 35 heavy (non-hydrogen) atoms. The van der Waals surface area contributed by atoms with Gasteiger partial charge in [-0.15, -0.1) is 0 Å². The highest BCUT2D eigenvalue weighted by Gasteiger charge is 2.69. The van der Waals surface area contributed by atoms with E-state index in [1.165, 1.54) is 51.4 Å². The average molecular weight is 485 g/mol. The molecule has 0 aromatic carbocycles. The monoisotopic (exact) mass is 484 g/mol. The number of ketones is 1. The van der Waals surface area contributed by atoms with E-state index in [4.69, 9.17) is 4.74 Å². The number of fused-ring (bicyclic) bond motifs is 5. The summed E-state index contributed by atoms with van der Waals surface area (Å²) in [5.41, 5.74) is 1.74. The van der Waals surface area contributed by atoms with Crippen LogP contribution in [0.3, 0.4) is 0 Å². The summed E-state index contributed by atoms with van der Waals surface area (Å²) >= 11 is 0. The van der Waals surface area contributed by atoms with Crippen molar-refractivity contribution >= 4 is 11.8 Å². The normalized spacial score (nSPS) is 47.8. The van der Waals surface area contributed by atoms with Crippen molar-refractivity contribution in [3.63, 3.8) is 0 Å². The summed E-state index contributed by atoms with van der Waals surface area (Å²) in [6.45, 7) is 18.3. The fourth-order valence-corrected chi connectivity index (χ4v) is 11.1. The topological polar surface area (TPSA) is 43.4 Å². The molecule has 0 aliphatic heterocycles. The molecular weight excluding hydrogens is 432 g/mol. The molecule has 0 unspecified atom stereocenters. The molecule has 0 saturated heterocycles. The first-order valence-corrected chi connectivity index (χ1v) is 14.8. The van der Waals surface area contributed by atoms with E-state index in [1.54, 1.807) is 6.92 Å². The third kappa shape index (κ3) is 3.70. The molecule has 3 nitrogen and oxygen atoms in total. The standard InChI is InChI=1S/C17H28O2.C15H24O/c1-12(18)19-17-8-5-7-16(4,11-17)9-6-13-14(17)10-15(13,2)3;1-13(2)7-6-11(16)12-14(3,4)10-5-8-15(12,13)9-10/h13-14H,5-11H2,1-4H3;10,12H,5-9H2,1-4H3/t13-,14+,16+,17-;10-,12-,15-/m10/s1. The van der Waals surface area contributed by atoms with E-state index < -0.39 is 0 Å². The van der Waals surface area contributed by atoms with Crippen molar-refractivity contribution in [3.05, 3.63) is 0 Å². The van der Waals surface area contributed by atoms with Gasteiger partial charge in [0.25, 0.3) is 0 Å². The van der Waals surface area contributed by atoms with E-state index in [-0.39, 0.29) is 17.0 Å². The molecule has 6 aliphatic rings. The van der Waals surface area contributed by atoms with Crippen LogP contribution in [0.4, 0.5) is 0 Å². The van der Waals surface area contributed by atoms with Crippen molar-refractivity contribution in [1.29, 1.82) is 0 Å². The molecule has 0 radical (unpaired) electrons. The first-order chi connectivity index (χ1) is 16.1. The molecule has 0 amide bonds. The van der Waals surface area contributed by atoms with Crippen molar-refractivity contribution in [2.45, 2.75) is 138 Å². The maximum atomic E-state index is 12.4. The third-order valence-electron chi connectivity index (χ3n) is 13.0. The number of rotatable bonds is 1. The Labute approximate surface area is 214 Å². The molecule has 3 heteroatoms. The fraction of sp³-hybridized carbons (Fsp3) is 0.938. The zero-order chi connectivity index (χ0) is 25.7. The minimum absolute atomic E-state index is 0.0744. The Morgan fingerprint density at radius 2 is 1.57 bits per heavy atom. The first kappa shape index (κ1) is 25.8. The van der Waals surface area contributed by atoms with Crippen LogP contribution in [0.15, 0.2) is 0 Å². The van der Waals surface area contributed by atoms with Gasteiger partial charge in [0.15, 0.2) is 0 Å². The van der Waals surface area contributed by atoms with Crippen LogP contribution < -0.4 is 0 Å². The minimum Gasteiger partial charge on any atom is -0.459 e. The first-order valence-electron chi connectivity index (χ1n) is 14.8. The summed E-state index contributed by atoms with van der Waals surface area (Å²) in [6.07, 6.45) is 14.6. The summed E-state index contributed by atoms with van der Waals surface area (Å²) in [5.74, 6) is 3.04. The zero-order valence-corrected chi connectivity index (χ0v) is 24.0. The van der Waals surface area contributed by atoms with E-state index in [0.29, 0.717) is 39.3 Å². The van der Waals surface area contributed by atoms with E-state index in [0.717, 1.165) is 37.5 Å². The lowest BCUT2D eigenvalue weighted by atomic mass is 9.49. The summed E-state index contributed by atoms with van der Waals surface area (Å²) in [6, 6.07) is 0. The van der Waals surface area contributed by atoms with Crippen molar-refractivity contribution in [2.75, 3.05) is 0 Å². The van der Waals surface area contributed by atoms with E-state index >= 15 is 0 Å². The Balaban J connectivity index is 0.000000147. The molecule has 6 aliphatic carbocycles. The van der Waals surface area contributed by atoms with Gasteiger partial charge in [-0.05, 0) is 110 Å². The molecule has 6 saturated carbocycles. The molecule has 0 aromatic heterocycles. The lowest BCUT2D eigenvalue weighted by Crippen LogP contribution is -2.57. The molecule has 0 heterocycles. The van der Waals surface area contributed by atoms with Gasteiger partial charge in [-0.3, -0.25) is 9.59 Å². The SMILES string of the molecule is CC(=O)O[C@@]12CCC[C@@](C)(CC[C@@H]3[C@@H]1CC3(C)C)C2.CC1(C)[C@H]2CC[C@]3(C2)[C@H]1C(=O)CCC3(C)C. The van der Waals surface area contributed by atoms with Crippen molar-refractivity contribution in [1.82, 2.24) is 0 Å². The van der Waals surface area contributed by atoms with Crippen LogP contribution in [-0.2, 0) is 14.3 Å². The second-order valence-corrected chi connectivity index (χ2v) is 16.1. The van der Waals surface area contributed by atoms with Crippen molar-refractivity contribution in [3.8, 4) is 0 Å². The second kappa shape index (κ2) is 7.83.